The van der Waals surface area contributed by atoms with E-state index in [1.807, 2.05) is 0 Å². The van der Waals surface area contributed by atoms with Gasteiger partial charge in [-0.1, -0.05) is 135 Å². The number of hydrogen-bond acceptors (Lipinski definition) is 1. The standard InChI is InChI=1S/C51H38N2/c1-51(2)43-23-9-7-19-41(43)48-44(51)24-13-26-46(48)52(31-28-29-36-34-16-4-3-14-32(34)33-15-5-6-17-35(33)42(36)30-31)47-27-12-22-40-39-21-11-20-38-37-18-8-10-25-45(37)53(49(38)39)50(40)47/h3-6,8,10-18,20-22,24-30H,7,9,19,23H2,1-2H3. The first-order valence-corrected chi connectivity index (χ1v) is 19.3. The van der Waals surface area contributed by atoms with E-state index in [0.717, 1.165) is 6.42 Å². The molecule has 2 heterocycles. The molecule has 2 aliphatic carbocycles. The van der Waals surface area contributed by atoms with E-state index in [1.54, 1.807) is 11.1 Å². The van der Waals surface area contributed by atoms with Crippen LogP contribution in [0.25, 0.3) is 76.0 Å². The number of benzene rings is 8. The summed E-state index contributed by atoms with van der Waals surface area (Å²) in [6.45, 7) is 4.92. The van der Waals surface area contributed by atoms with Crippen molar-refractivity contribution in [2.75, 3.05) is 4.90 Å². The van der Waals surface area contributed by atoms with Crippen molar-refractivity contribution in [1.82, 2.24) is 4.40 Å². The van der Waals surface area contributed by atoms with E-state index in [2.05, 4.69) is 169 Å². The fraction of sp³-hybridized carbons (Fsp3) is 0.137. The molecule has 8 aromatic carbocycles. The van der Waals surface area contributed by atoms with Crippen LogP contribution in [0.2, 0.25) is 0 Å². The maximum Gasteiger partial charge on any atom is 0.0782 e. The predicted octanol–water partition coefficient (Wildman–Crippen LogP) is 14.4. The van der Waals surface area contributed by atoms with Crippen LogP contribution in [0.1, 0.15) is 50.7 Å². The summed E-state index contributed by atoms with van der Waals surface area (Å²) in [5.41, 5.74) is 13.7. The monoisotopic (exact) mass is 678 g/mol. The lowest BCUT2D eigenvalue weighted by Gasteiger charge is -2.30. The lowest BCUT2D eigenvalue weighted by atomic mass is 9.77. The summed E-state index contributed by atoms with van der Waals surface area (Å²) in [5.74, 6) is 0. The second-order valence-corrected chi connectivity index (χ2v) is 15.9. The Morgan fingerprint density at radius 3 is 1.77 bits per heavy atom. The van der Waals surface area contributed by atoms with E-state index in [4.69, 9.17) is 0 Å². The lowest BCUT2D eigenvalue weighted by molar-refractivity contribution is 0.574. The molecule has 0 radical (unpaired) electrons. The maximum absolute atomic E-state index is 2.62. The molecule has 252 valence electrons. The third kappa shape index (κ3) is 3.78. The summed E-state index contributed by atoms with van der Waals surface area (Å²) in [6.07, 6.45) is 4.87. The van der Waals surface area contributed by atoms with E-state index in [1.165, 1.54) is 118 Å². The van der Waals surface area contributed by atoms with Gasteiger partial charge >= 0.3 is 0 Å². The molecule has 12 rings (SSSR count). The highest BCUT2D eigenvalue weighted by atomic mass is 15.2. The van der Waals surface area contributed by atoms with Crippen LogP contribution >= 0.6 is 0 Å². The average Bonchev–Trinajstić information content (AvgIpc) is 3.82. The number of nitrogens with zero attached hydrogens (tertiary/aromatic N) is 2. The highest BCUT2D eigenvalue weighted by Crippen LogP contribution is 2.57. The Balaban J connectivity index is 1.24. The fourth-order valence-corrected chi connectivity index (χ4v) is 10.7. The number of allylic oxidation sites excluding steroid dienone is 2. The number of aromatic nitrogens is 1. The van der Waals surface area contributed by atoms with Gasteiger partial charge in [-0.3, -0.25) is 0 Å². The van der Waals surface area contributed by atoms with Crippen molar-refractivity contribution in [2.45, 2.75) is 44.9 Å². The second-order valence-electron chi connectivity index (χ2n) is 15.9. The average molecular weight is 679 g/mol. The van der Waals surface area contributed by atoms with E-state index in [0.29, 0.717) is 0 Å². The van der Waals surface area contributed by atoms with E-state index >= 15 is 0 Å². The van der Waals surface area contributed by atoms with Crippen molar-refractivity contribution >= 4 is 93.0 Å². The maximum atomic E-state index is 2.62. The number of hydrogen-bond donors (Lipinski definition) is 0. The van der Waals surface area contributed by atoms with E-state index < -0.39 is 0 Å². The molecular formula is C51H38N2. The number of anilines is 3. The van der Waals surface area contributed by atoms with Crippen molar-refractivity contribution in [1.29, 1.82) is 0 Å². The van der Waals surface area contributed by atoms with E-state index in [9.17, 15) is 0 Å². The van der Waals surface area contributed by atoms with Gasteiger partial charge in [0.15, 0.2) is 0 Å². The van der Waals surface area contributed by atoms with Crippen molar-refractivity contribution < 1.29 is 0 Å². The molecule has 0 bridgehead atoms. The zero-order valence-electron chi connectivity index (χ0n) is 30.1. The van der Waals surface area contributed by atoms with Gasteiger partial charge in [-0.05, 0) is 99.5 Å². The summed E-state index contributed by atoms with van der Waals surface area (Å²) >= 11 is 0. The lowest BCUT2D eigenvalue weighted by Crippen LogP contribution is -2.18. The zero-order chi connectivity index (χ0) is 35.0. The van der Waals surface area contributed by atoms with Gasteiger partial charge in [-0.25, -0.2) is 0 Å². The van der Waals surface area contributed by atoms with Crippen LogP contribution in [0.4, 0.5) is 17.1 Å². The summed E-state index contributed by atoms with van der Waals surface area (Å²) in [6, 6.07) is 54.9. The summed E-state index contributed by atoms with van der Waals surface area (Å²) < 4.78 is 2.56. The molecule has 0 fully saturated rings. The van der Waals surface area contributed by atoms with Crippen LogP contribution in [0.15, 0.2) is 151 Å². The number of fused-ring (bicyclic) bond motifs is 14. The fourth-order valence-electron chi connectivity index (χ4n) is 10.7. The smallest absolute Gasteiger partial charge is 0.0782 e. The Bertz CT molecular complexity index is 3170. The van der Waals surface area contributed by atoms with Gasteiger partial charge in [0.1, 0.15) is 0 Å². The molecule has 0 N–H and O–H groups in total. The second kappa shape index (κ2) is 10.5. The Morgan fingerprint density at radius 2 is 1.02 bits per heavy atom. The molecule has 2 aromatic heterocycles. The molecule has 0 spiro atoms. The molecule has 0 unspecified atom stereocenters. The van der Waals surface area contributed by atoms with Crippen molar-refractivity contribution in [2.24, 2.45) is 0 Å². The van der Waals surface area contributed by atoms with E-state index in [-0.39, 0.29) is 5.41 Å². The first-order valence-electron chi connectivity index (χ1n) is 19.3. The van der Waals surface area contributed by atoms with Gasteiger partial charge in [-0.2, -0.15) is 0 Å². The largest absolute Gasteiger partial charge is 0.308 e. The van der Waals surface area contributed by atoms with Crippen molar-refractivity contribution in [3.8, 4) is 0 Å². The van der Waals surface area contributed by atoms with Crippen LogP contribution in [-0.2, 0) is 5.41 Å². The minimum absolute atomic E-state index is 0.0168. The minimum atomic E-state index is 0.0168. The first kappa shape index (κ1) is 29.5. The molecule has 0 amide bonds. The van der Waals surface area contributed by atoms with Crippen LogP contribution < -0.4 is 4.90 Å². The molecule has 0 saturated carbocycles. The Kier molecular flexibility index (Phi) is 5.83. The van der Waals surface area contributed by atoms with Gasteiger partial charge < -0.3 is 9.30 Å². The van der Waals surface area contributed by atoms with Crippen LogP contribution in [0.3, 0.4) is 0 Å². The number of para-hydroxylation sites is 3. The Hall–Kier alpha value is -6.12. The van der Waals surface area contributed by atoms with Gasteiger partial charge in [0.25, 0.3) is 0 Å². The van der Waals surface area contributed by atoms with Gasteiger partial charge in [0.2, 0.25) is 0 Å². The van der Waals surface area contributed by atoms with Crippen LogP contribution in [-0.4, -0.2) is 4.40 Å². The van der Waals surface area contributed by atoms with Crippen molar-refractivity contribution in [3.05, 3.63) is 162 Å². The Morgan fingerprint density at radius 1 is 0.472 bits per heavy atom. The summed E-state index contributed by atoms with van der Waals surface area (Å²) in [5, 5.41) is 13.0. The predicted molar refractivity (Wildman–Crippen MR) is 227 cm³/mol. The molecule has 2 nitrogen and oxygen atoms in total. The molecule has 0 atom stereocenters. The molecule has 2 heteroatoms. The zero-order valence-corrected chi connectivity index (χ0v) is 30.1. The first-order chi connectivity index (χ1) is 26.1. The van der Waals surface area contributed by atoms with Gasteiger partial charge in [0, 0.05) is 38.2 Å². The summed E-state index contributed by atoms with van der Waals surface area (Å²) in [4.78, 5) is 2.62. The molecule has 0 saturated heterocycles. The topological polar surface area (TPSA) is 7.65 Å². The molecule has 10 aromatic rings. The molecule has 0 aliphatic heterocycles. The van der Waals surface area contributed by atoms with Crippen molar-refractivity contribution in [3.63, 3.8) is 0 Å². The SMILES string of the molecule is CC1(C)C2=C(CCCC2)c2c(N(c3ccc4c5ccccc5c5ccccc5c4c3)c3cccc4c5cccc6c7ccccc7n(c34)c65)cccc21. The van der Waals surface area contributed by atoms with Crippen LogP contribution in [0, 0.1) is 0 Å². The Labute approximate surface area is 308 Å². The highest BCUT2D eigenvalue weighted by Gasteiger charge is 2.40. The molecule has 2 aliphatic rings. The van der Waals surface area contributed by atoms with Gasteiger partial charge in [0.05, 0.1) is 27.9 Å². The third-order valence-electron chi connectivity index (χ3n) is 12.9. The molecule has 53 heavy (non-hydrogen) atoms. The summed E-state index contributed by atoms with van der Waals surface area (Å²) in [7, 11) is 0. The normalized spacial score (nSPS) is 15.5. The molecular weight excluding hydrogens is 641 g/mol. The third-order valence-corrected chi connectivity index (χ3v) is 12.9. The van der Waals surface area contributed by atoms with Crippen LogP contribution in [0.5, 0.6) is 0 Å². The minimum Gasteiger partial charge on any atom is -0.308 e. The quantitative estimate of drug-likeness (QED) is 0.169. The highest BCUT2D eigenvalue weighted by molar-refractivity contribution is 6.27. The van der Waals surface area contributed by atoms with Gasteiger partial charge in [-0.15, -0.1) is 0 Å². The number of rotatable bonds is 3.